The number of ether oxygens (including phenoxy) is 3. The van der Waals surface area contributed by atoms with Gasteiger partial charge in [0.25, 0.3) is 5.91 Å². The summed E-state index contributed by atoms with van der Waals surface area (Å²) in [5.41, 5.74) is 3.41. The Hall–Kier alpha value is -3.58. The molecular weight excluding hydrogens is 424 g/mol. The molecule has 0 atom stereocenters. The van der Waals surface area contributed by atoms with Crippen molar-refractivity contribution in [3.63, 3.8) is 0 Å². The summed E-state index contributed by atoms with van der Waals surface area (Å²) in [6.45, 7) is 2.41. The van der Waals surface area contributed by atoms with Crippen LogP contribution in [0.2, 0.25) is 0 Å². The highest BCUT2D eigenvalue weighted by Crippen LogP contribution is 2.39. The van der Waals surface area contributed by atoms with Gasteiger partial charge >= 0.3 is 0 Å². The van der Waals surface area contributed by atoms with Gasteiger partial charge in [0.05, 0.1) is 38.1 Å². The number of aromatic nitrogens is 1. The van der Waals surface area contributed by atoms with E-state index in [9.17, 15) is 4.79 Å². The molecule has 0 spiro atoms. The van der Waals surface area contributed by atoms with Crippen LogP contribution in [0.25, 0.3) is 10.2 Å². The lowest BCUT2D eigenvalue weighted by Crippen LogP contribution is -2.30. The van der Waals surface area contributed by atoms with E-state index in [1.54, 1.807) is 17.0 Å². The van der Waals surface area contributed by atoms with Crippen molar-refractivity contribution in [2.75, 3.05) is 26.2 Å². The monoisotopic (exact) mass is 448 g/mol. The van der Waals surface area contributed by atoms with E-state index in [4.69, 9.17) is 19.2 Å². The zero-order chi connectivity index (χ0) is 22.7. The number of carbonyl (C=O) groups is 1. The van der Waals surface area contributed by atoms with Gasteiger partial charge in [-0.25, -0.2) is 4.98 Å². The second-order valence-corrected chi connectivity index (χ2v) is 8.22. The Morgan fingerprint density at radius 2 is 1.62 bits per heavy atom. The quantitative estimate of drug-likeness (QED) is 0.375. The largest absolute Gasteiger partial charge is 0.493 e. The van der Waals surface area contributed by atoms with E-state index in [1.165, 1.54) is 32.7 Å². The second-order valence-electron chi connectivity index (χ2n) is 7.21. The highest BCUT2D eigenvalue weighted by atomic mass is 32.1. The number of fused-ring (bicyclic) bond motifs is 1. The molecule has 6 nitrogen and oxygen atoms in total. The fourth-order valence-corrected chi connectivity index (χ4v) is 4.58. The van der Waals surface area contributed by atoms with Crippen molar-refractivity contribution in [3.05, 3.63) is 77.4 Å². The van der Waals surface area contributed by atoms with Crippen molar-refractivity contribution in [2.45, 2.75) is 13.5 Å². The van der Waals surface area contributed by atoms with Gasteiger partial charge in [0.1, 0.15) is 0 Å². The minimum absolute atomic E-state index is 0.204. The molecule has 1 amide bonds. The van der Waals surface area contributed by atoms with Crippen LogP contribution in [0.4, 0.5) is 5.13 Å². The Morgan fingerprint density at radius 3 is 2.22 bits per heavy atom. The van der Waals surface area contributed by atoms with E-state index in [-0.39, 0.29) is 5.91 Å². The van der Waals surface area contributed by atoms with Crippen LogP contribution in [0, 0.1) is 6.92 Å². The van der Waals surface area contributed by atoms with Crippen LogP contribution in [-0.4, -0.2) is 32.2 Å². The summed E-state index contributed by atoms with van der Waals surface area (Å²) in [4.78, 5) is 20.3. The highest BCUT2D eigenvalue weighted by molar-refractivity contribution is 7.22. The maximum absolute atomic E-state index is 13.8. The number of amides is 1. The molecule has 0 bridgehead atoms. The van der Waals surface area contributed by atoms with Gasteiger partial charge in [0.2, 0.25) is 5.75 Å². The number of anilines is 1. The zero-order valence-electron chi connectivity index (χ0n) is 18.4. The first-order valence-corrected chi connectivity index (χ1v) is 10.9. The maximum atomic E-state index is 13.8. The Bertz CT molecular complexity index is 1230. The standard InChI is InChI=1S/C25H24N2O4S/c1-16-9-8-12-21-22(16)26-25(32-21)27(15-17-10-6-5-7-11-17)24(28)18-13-19(29-2)23(31-4)20(14-18)30-3/h5-14H,15H2,1-4H3. The molecule has 32 heavy (non-hydrogen) atoms. The number of thiazole rings is 1. The van der Waals surface area contributed by atoms with E-state index in [2.05, 4.69) is 0 Å². The van der Waals surface area contributed by atoms with Crippen LogP contribution in [-0.2, 0) is 6.54 Å². The Labute approximate surface area is 191 Å². The van der Waals surface area contributed by atoms with E-state index >= 15 is 0 Å². The summed E-state index contributed by atoms with van der Waals surface area (Å²) in [5.74, 6) is 1.09. The molecule has 0 aliphatic carbocycles. The summed E-state index contributed by atoms with van der Waals surface area (Å²) in [6.07, 6.45) is 0. The fraction of sp³-hybridized carbons (Fsp3) is 0.200. The molecule has 3 aromatic carbocycles. The first-order valence-electron chi connectivity index (χ1n) is 10.1. The highest BCUT2D eigenvalue weighted by Gasteiger charge is 2.25. The molecule has 1 aromatic heterocycles. The zero-order valence-corrected chi connectivity index (χ0v) is 19.2. The van der Waals surface area contributed by atoms with Gasteiger partial charge in [-0.2, -0.15) is 0 Å². The molecule has 0 radical (unpaired) electrons. The SMILES string of the molecule is COc1cc(C(=O)N(Cc2ccccc2)c2nc3c(C)cccc3s2)cc(OC)c1OC. The lowest BCUT2D eigenvalue weighted by Gasteiger charge is -2.21. The molecule has 4 aromatic rings. The first kappa shape index (κ1) is 21.6. The van der Waals surface area contributed by atoms with Gasteiger partial charge in [-0.3, -0.25) is 9.69 Å². The molecule has 7 heteroatoms. The minimum Gasteiger partial charge on any atom is -0.493 e. The molecule has 0 N–H and O–H groups in total. The van der Waals surface area contributed by atoms with Crippen LogP contribution in [0.15, 0.2) is 60.7 Å². The number of para-hydroxylation sites is 1. The predicted molar refractivity (Wildman–Crippen MR) is 127 cm³/mol. The predicted octanol–water partition coefficient (Wildman–Crippen LogP) is 5.48. The summed E-state index contributed by atoms with van der Waals surface area (Å²) < 4.78 is 17.3. The summed E-state index contributed by atoms with van der Waals surface area (Å²) in [5, 5.41) is 0.636. The number of hydrogen-bond acceptors (Lipinski definition) is 6. The number of rotatable bonds is 7. The van der Waals surface area contributed by atoms with Gasteiger partial charge in [-0.15, -0.1) is 0 Å². The molecule has 4 rings (SSSR count). The second kappa shape index (κ2) is 9.28. The third-order valence-electron chi connectivity index (χ3n) is 5.18. The number of aryl methyl sites for hydroxylation is 1. The van der Waals surface area contributed by atoms with Gasteiger partial charge in [0, 0.05) is 5.56 Å². The van der Waals surface area contributed by atoms with Gasteiger partial charge in [0.15, 0.2) is 16.6 Å². The molecule has 0 fully saturated rings. The van der Waals surface area contributed by atoms with Gasteiger partial charge in [-0.05, 0) is 36.2 Å². The van der Waals surface area contributed by atoms with E-state index in [1.807, 2.05) is 55.5 Å². The van der Waals surface area contributed by atoms with Crippen molar-refractivity contribution >= 4 is 32.6 Å². The van der Waals surface area contributed by atoms with Crippen LogP contribution < -0.4 is 19.1 Å². The number of carbonyl (C=O) groups excluding carboxylic acids is 1. The number of methoxy groups -OCH3 is 3. The van der Waals surface area contributed by atoms with Crippen LogP contribution in [0.5, 0.6) is 17.2 Å². The first-order chi connectivity index (χ1) is 15.5. The summed E-state index contributed by atoms with van der Waals surface area (Å²) in [6, 6.07) is 19.2. The average molecular weight is 449 g/mol. The topological polar surface area (TPSA) is 60.9 Å². The Kier molecular flexibility index (Phi) is 6.28. The van der Waals surface area contributed by atoms with Crippen molar-refractivity contribution in [1.29, 1.82) is 0 Å². The molecule has 0 unspecified atom stereocenters. The number of hydrogen-bond donors (Lipinski definition) is 0. The maximum Gasteiger partial charge on any atom is 0.260 e. The summed E-state index contributed by atoms with van der Waals surface area (Å²) in [7, 11) is 4.60. The van der Waals surface area contributed by atoms with E-state index < -0.39 is 0 Å². The Balaban J connectivity index is 1.82. The molecular formula is C25H24N2O4S. The minimum atomic E-state index is -0.204. The Morgan fingerprint density at radius 1 is 0.938 bits per heavy atom. The molecule has 0 aliphatic heterocycles. The van der Waals surface area contributed by atoms with Gasteiger partial charge in [-0.1, -0.05) is 53.8 Å². The van der Waals surface area contributed by atoms with Gasteiger partial charge < -0.3 is 14.2 Å². The lowest BCUT2D eigenvalue weighted by molar-refractivity contribution is 0.0984. The van der Waals surface area contributed by atoms with Crippen molar-refractivity contribution in [2.24, 2.45) is 0 Å². The molecule has 0 saturated heterocycles. The molecule has 164 valence electrons. The summed E-state index contributed by atoms with van der Waals surface area (Å²) >= 11 is 1.50. The van der Waals surface area contributed by atoms with E-state index in [0.29, 0.717) is 34.5 Å². The average Bonchev–Trinajstić information content (AvgIpc) is 3.27. The third-order valence-corrected chi connectivity index (χ3v) is 6.22. The van der Waals surface area contributed by atoms with E-state index in [0.717, 1.165) is 21.3 Å². The normalized spacial score (nSPS) is 10.8. The van der Waals surface area contributed by atoms with Crippen LogP contribution >= 0.6 is 11.3 Å². The van der Waals surface area contributed by atoms with Crippen molar-refractivity contribution in [3.8, 4) is 17.2 Å². The molecule has 0 saturated carbocycles. The molecule has 1 heterocycles. The van der Waals surface area contributed by atoms with Crippen molar-refractivity contribution in [1.82, 2.24) is 4.98 Å². The smallest absolute Gasteiger partial charge is 0.260 e. The number of benzene rings is 3. The molecule has 0 aliphatic rings. The van der Waals surface area contributed by atoms with Crippen molar-refractivity contribution < 1.29 is 19.0 Å². The fourth-order valence-electron chi connectivity index (χ4n) is 3.54. The van der Waals surface area contributed by atoms with Crippen LogP contribution in [0.1, 0.15) is 21.5 Å². The lowest BCUT2D eigenvalue weighted by atomic mass is 10.1. The van der Waals surface area contributed by atoms with Crippen LogP contribution in [0.3, 0.4) is 0 Å². The third kappa shape index (κ3) is 4.11. The number of nitrogens with zero attached hydrogens (tertiary/aromatic N) is 2.